The average Bonchev–Trinajstić information content (AvgIpc) is 2.28. The second-order valence-corrected chi connectivity index (χ2v) is 5.06. The monoisotopic (exact) mass is 227 g/mol. The van der Waals surface area contributed by atoms with Gasteiger partial charge in [-0.05, 0) is 45.8 Å². The van der Waals surface area contributed by atoms with Crippen LogP contribution in [0.4, 0.5) is 0 Å². The lowest BCUT2D eigenvalue weighted by molar-refractivity contribution is -0.126. The highest BCUT2D eigenvalue weighted by molar-refractivity contribution is 5.78. The molecular formula is C12H25N3O. The minimum absolute atomic E-state index is 0.199. The molecule has 2 atom stereocenters. The number of hydrogen-bond donors (Lipinski definition) is 2. The molecule has 4 heteroatoms. The average molecular weight is 227 g/mol. The summed E-state index contributed by atoms with van der Waals surface area (Å²) in [6.45, 7) is 2.37. The quantitative estimate of drug-likeness (QED) is 0.716. The molecule has 1 saturated carbocycles. The predicted octanol–water partition coefficient (Wildman–Crippen LogP) is 0.429. The van der Waals surface area contributed by atoms with Crippen LogP contribution in [0, 0.1) is 11.8 Å². The first-order valence-corrected chi connectivity index (χ1v) is 6.26. The molecule has 1 aliphatic rings. The maximum absolute atomic E-state index is 11.9. The third-order valence-corrected chi connectivity index (χ3v) is 3.35. The number of nitrogens with one attached hydrogen (secondary N) is 1. The zero-order chi connectivity index (χ0) is 12.0. The van der Waals surface area contributed by atoms with Crippen molar-refractivity contribution in [2.75, 3.05) is 33.7 Å². The number of nitrogens with two attached hydrogens (primary N) is 1. The number of likely N-dealkylation sites (N-methyl/N-ethyl adjacent to an activating group) is 1. The molecule has 0 aromatic carbocycles. The Balaban J connectivity index is 2.24. The number of rotatable bonds is 5. The van der Waals surface area contributed by atoms with E-state index in [1.165, 1.54) is 6.42 Å². The summed E-state index contributed by atoms with van der Waals surface area (Å²) >= 11 is 0. The van der Waals surface area contributed by atoms with Crippen molar-refractivity contribution in [1.82, 2.24) is 10.2 Å². The first-order valence-electron chi connectivity index (χ1n) is 6.26. The molecule has 1 rings (SSSR count). The zero-order valence-corrected chi connectivity index (χ0v) is 10.5. The van der Waals surface area contributed by atoms with E-state index in [1.807, 2.05) is 14.1 Å². The summed E-state index contributed by atoms with van der Waals surface area (Å²) in [7, 11) is 4.02. The molecule has 1 amide bonds. The van der Waals surface area contributed by atoms with Gasteiger partial charge in [-0.3, -0.25) is 4.79 Å². The third kappa shape index (κ3) is 4.49. The number of hydrogen-bond acceptors (Lipinski definition) is 3. The van der Waals surface area contributed by atoms with Crippen LogP contribution in [0.5, 0.6) is 0 Å². The van der Waals surface area contributed by atoms with Crippen LogP contribution in [0.2, 0.25) is 0 Å². The van der Waals surface area contributed by atoms with E-state index < -0.39 is 0 Å². The first kappa shape index (κ1) is 13.5. The Morgan fingerprint density at radius 3 is 2.81 bits per heavy atom. The fourth-order valence-electron chi connectivity index (χ4n) is 2.29. The molecule has 16 heavy (non-hydrogen) atoms. The number of amides is 1. The molecule has 0 saturated heterocycles. The van der Waals surface area contributed by atoms with E-state index in [0.717, 1.165) is 38.9 Å². The van der Waals surface area contributed by atoms with E-state index >= 15 is 0 Å². The van der Waals surface area contributed by atoms with Gasteiger partial charge in [-0.1, -0.05) is 6.42 Å². The Morgan fingerprint density at radius 2 is 2.19 bits per heavy atom. The Labute approximate surface area is 98.6 Å². The summed E-state index contributed by atoms with van der Waals surface area (Å²) in [5, 5.41) is 3.01. The van der Waals surface area contributed by atoms with Crippen LogP contribution in [-0.4, -0.2) is 44.5 Å². The molecule has 0 aliphatic heterocycles. The van der Waals surface area contributed by atoms with Crippen molar-refractivity contribution in [3.8, 4) is 0 Å². The summed E-state index contributed by atoms with van der Waals surface area (Å²) in [5.41, 5.74) is 5.67. The molecule has 0 radical (unpaired) electrons. The van der Waals surface area contributed by atoms with Crippen molar-refractivity contribution in [2.24, 2.45) is 17.6 Å². The van der Waals surface area contributed by atoms with Gasteiger partial charge in [0.25, 0.3) is 0 Å². The van der Waals surface area contributed by atoms with Gasteiger partial charge in [0.1, 0.15) is 0 Å². The summed E-state index contributed by atoms with van der Waals surface area (Å²) < 4.78 is 0. The second kappa shape index (κ2) is 6.86. The summed E-state index contributed by atoms with van der Waals surface area (Å²) in [6.07, 6.45) is 4.35. The van der Waals surface area contributed by atoms with Gasteiger partial charge in [-0.2, -0.15) is 0 Å². The maximum atomic E-state index is 11.9. The predicted molar refractivity (Wildman–Crippen MR) is 66.1 cm³/mol. The van der Waals surface area contributed by atoms with Gasteiger partial charge in [-0.25, -0.2) is 0 Å². The standard InChI is InChI=1S/C12H25N3O/c1-15(2)7-6-14-12(16)11-5-3-4-10(8-11)9-13/h10-11H,3-9,13H2,1-2H3,(H,14,16). The van der Waals surface area contributed by atoms with Crippen molar-refractivity contribution >= 4 is 5.91 Å². The normalized spacial score (nSPS) is 25.8. The van der Waals surface area contributed by atoms with Crippen LogP contribution in [0.25, 0.3) is 0 Å². The molecule has 1 fully saturated rings. The minimum Gasteiger partial charge on any atom is -0.355 e. The summed E-state index contributed by atoms with van der Waals surface area (Å²) in [5.74, 6) is 0.975. The molecule has 0 bridgehead atoms. The number of carbonyl (C=O) groups is 1. The van der Waals surface area contributed by atoms with Crippen molar-refractivity contribution in [3.05, 3.63) is 0 Å². The molecule has 2 unspecified atom stereocenters. The van der Waals surface area contributed by atoms with E-state index in [-0.39, 0.29) is 11.8 Å². The zero-order valence-electron chi connectivity index (χ0n) is 10.5. The number of carbonyl (C=O) groups excluding carboxylic acids is 1. The third-order valence-electron chi connectivity index (χ3n) is 3.35. The molecule has 1 aliphatic carbocycles. The SMILES string of the molecule is CN(C)CCNC(=O)C1CCCC(CN)C1. The Bertz CT molecular complexity index is 218. The molecule has 0 heterocycles. The van der Waals surface area contributed by atoms with Crippen LogP contribution < -0.4 is 11.1 Å². The van der Waals surface area contributed by atoms with Gasteiger partial charge >= 0.3 is 0 Å². The van der Waals surface area contributed by atoms with E-state index in [2.05, 4.69) is 10.2 Å². The van der Waals surface area contributed by atoms with E-state index in [0.29, 0.717) is 5.92 Å². The second-order valence-electron chi connectivity index (χ2n) is 5.06. The minimum atomic E-state index is 0.199. The van der Waals surface area contributed by atoms with E-state index in [1.54, 1.807) is 0 Å². The van der Waals surface area contributed by atoms with Crippen LogP contribution in [-0.2, 0) is 4.79 Å². The Hall–Kier alpha value is -0.610. The molecule has 3 N–H and O–H groups in total. The molecular weight excluding hydrogens is 202 g/mol. The van der Waals surface area contributed by atoms with Gasteiger partial charge < -0.3 is 16.0 Å². The van der Waals surface area contributed by atoms with Crippen molar-refractivity contribution in [1.29, 1.82) is 0 Å². The van der Waals surface area contributed by atoms with Crippen LogP contribution in [0.15, 0.2) is 0 Å². The van der Waals surface area contributed by atoms with Crippen LogP contribution in [0.1, 0.15) is 25.7 Å². The number of nitrogens with zero attached hydrogens (tertiary/aromatic N) is 1. The topological polar surface area (TPSA) is 58.4 Å². The highest BCUT2D eigenvalue weighted by Crippen LogP contribution is 2.28. The van der Waals surface area contributed by atoms with Crippen molar-refractivity contribution in [3.63, 3.8) is 0 Å². The van der Waals surface area contributed by atoms with E-state index in [4.69, 9.17) is 5.73 Å². The van der Waals surface area contributed by atoms with Gasteiger partial charge in [0.15, 0.2) is 0 Å². The lowest BCUT2D eigenvalue weighted by atomic mass is 9.81. The van der Waals surface area contributed by atoms with Gasteiger partial charge in [0.2, 0.25) is 5.91 Å². The molecule has 0 aromatic heterocycles. The van der Waals surface area contributed by atoms with Gasteiger partial charge in [-0.15, -0.1) is 0 Å². The molecule has 94 valence electrons. The Morgan fingerprint density at radius 1 is 1.44 bits per heavy atom. The first-order chi connectivity index (χ1) is 7.63. The maximum Gasteiger partial charge on any atom is 0.223 e. The highest BCUT2D eigenvalue weighted by Gasteiger charge is 2.26. The lowest BCUT2D eigenvalue weighted by Crippen LogP contribution is -2.38. The van der Waals surface area contributed by atoms with Crippen LogP contribution >= 0.6 is 0 Å². The van der Waals surface area contributed by atoms with E-state index in [9.17, 15) is 4.79 Å². The highest BCUT2D eigenvalue weighted by atomic mass is 16.1. The smallest absolute Gasteiger partial charge is 0.223 e. The molecule has 4 nitrogen and oxygen atoms in total. The van der Waals surface area contributed by atoms with Crippen LogP contribution in [0.3, 0.4) is 0 Å². The summed E-state index contributed by atoms with van der Waals surface area (Å²) in [6, 6.07) is 0. The van der Waals surface area contributed by atoms with Crippen molar-refractivity contribution < 1.29 is 4.79 Å². The molecule has 0 spiro atoms. The largest absolute Gasteiger partial charge is 0.355 e. The molecule has 0 aromatic rings. The fraction of sp³-hybridized carbons (Fsp3) is 0.917. The van der Waals surface area contributed by atoms with Gasteiger partial charge in [0, 0.05) is 19.0 Å². The lowest BCUT2D eigenvalue weighted by Gasteiger charge is -2.27. The Kier molecular flexibility index (Phi) is 5.77. The van der Waals surface area contributed by atoms with Gasteiger partial charge in [0.05, 0.1) is 0 Å². The van der Waals surface area contributed by atoms with Crippen molar-refractivity contribution in [2.45, 2.75) is 25.7 Å². The fourth-order valence-corrected chi connectivity index (χ4v) is 2.29. The summed E-state index contributed by atoms with van der Waals surface area (Å²) in [4.78, 5) is 13.9.